The van der Waals surface area contributed by atoms with Crippen LogP contribution in [0.25, 0.3) is 0 Å². The van der Waals surface area contributed by atoms with Crippen molar-refractivity contribution in [2.24, 2.45) is 0 Å². The highest BCUT2D eigenvalue weighted by molar-refractivity contribution is 7.90. The van der Waals surface area contributed by atoms with Crippen LogP contribution in [0.5, 0.6) is 11.5 Å². The van der Waals surface area contributed by atoms with Crippen LogP contribution >= 0.6 is 0 Å². The average molecular weight is 304 g/mol. The van der Waals surface area contributed by atoms with Crippen molar-refractivity contribution in [3.05, 3.63) is 17.7 Å². The highest BCUT2D eigenvalue weighted by Crippen LogP contribution is 2.36. The predicted molar refractivity (Wildman–Crippen MR) is 69.6 cm³/mol. The first-order valence-electron chi connectivity index (χ1n) is 5.48. The van der Waals surface area contributed by atoms with Gasteiger partial charge in [-0.15, -0.1) is 0 Å². The molecule has 0 spiro atoms. The first kappa shape index (κ1) is 16.3. The molecule has 8 heteroatoms. The van der Waals surface area contributed by atoms with Gasteiger partial charge >= 0.3 is 5.97 Å². The lowest BCUT2D eigenvalue weighted by molar-refractivity contribution is -0.150. The molecular formula is C12H16O7S. The first-order chi connectivity index (χ1) is 9.26. The van der Waals surface area contributed by atoms with Gasteiger partial charge in [0.25, 0.3) is 0 Å². The predicted octanol–water partition coefficient (Wildman–Crippen LogP) is 0.314. The Morgan fingerprint density at radius 2 is 1.80 bits per heavy atom. The lowest BCUT2D eigenvalue weighted by Gasteiger charge is -2.17. The van der Waals surface area contributed by atoms with Crippen LogP contribution in [0.1, 0.15) is 11.7 Å². The van der Waals surface area contributed by atoms with E-state index >= 15 is 0 Å². The molecule has 0 aliphatic carbocycles. The molecule has 0 saturated heterocycles. The Morgan fingerprint density at radius 1 is 1.20 bits per heavy atom. The number of aliphatic hydroxyl groups is 1. The number of carbonyl (C=O) groups is 1. The van der Waals surface area contributed by atoms with Crippen LogP contribution in [-0.2, 0) is 19.4 Å². The van der Waals surface area contributed by atoms with Crippen molar-refractivity contribution in [1.29, 1.82) is 0 Å². The fourth-order valence-corrected chi connectivity index (χ4v) is 2.52. The molecule has 0 aliphatic rings. The van der Waals surface area contributed by atoms with Gasteiger partial charge in [-0.2, -0.15) is 0 Å². The van der Waals surface area contributed by atoms with E-state index < -0.39 is 21.9 Å². The van der Waals surface area contributed by atoms with Crippen LogP contribution < -0.4 is 9.47 Å². The maximum absolute atomic E-state index is 11.8. The number of esters is 1. The molecule has 0 bridgehead atoms. The summed E-state index contributed by atoms with van der Waals surface area (Å²) in [6, 6.07) is 2.57. The average Bonchev–Trinajstić information content (AvgIpc) is 2.42. The van der Waals surface area contributed by atoms with Crippen molar-refractivity contribution < 1.29 is 32.5 Å². The zero-order valence-electron chi connectivity index (χ0n) is 11.5. The molecule has 0 fully saturated rings. The molecule has 20 heavy (non-hydrogen) atoms. The van der Waals surface area contributed by atoms with Crippen molar-refractivity contribution in [1.82, 2.24) is 0 Å². The molecule has 0 amide bonds. The van der Waals surface area contributed by atoms with Gasteiger partial charge < -0.3 is 19.3 Å². The van der Waals surface area contributed by atoms with Gasteiger partial charge in [0.1, 0.15) is 16.4 Å². The second kappa shape index (κ2) is 6.10. The van der Waals surface area contributed by atoms with Crippen LogP contribution in [0.15, 0.2) is 17.0 Å². The molecule has 0 heterocycles. The second-order valence-electron chi connectivity index (χ2n) is 3.95. The summed E-state index contributed by atoms with van der Waals surface area (Å²) in [5.41, 5.74) is -0.0425. The van der Waals surface area contributed by atoms with Crippen LogP contribution in [0.3, 0.4) is 0 Å². The molecule has 7 nitrogen and oxygen atoms in total. The number of aliphatic hydroxyl groups excluding tert-OH is 1. The summed E-state index contributed by atoms with van der Waals surface area (Å²) in [4.78, 5) is 11.2. The minimum absolute atomic E-state index is 0.0425. The van der Waals surface area contributed by atoms with Gasteiger partial charge in [0.05, 0.1) is 21.3 Å². The highest BCUT2D eigenvalue weighted by Gasteiger charge is 2.28. The second-order valence-corrected chi connectivity index (χ2v) is 5.93. The van der Waals surface area contributed by atoms with E-state index in [1.807, 2.05) is 0 Å². The summed E-state index contributed by atoms with van der Waals surface area (Å²) in [5, 5.41) is 9.91. The quantitative estimate of drug-likeness (QED) is 0.782. The minimum atomic E-state index is -3.63. The van der Waals surface area contributed by atoms with Crippen LogP contribution in [0.4, 0.5) is 0 Å². The monoisotopic (exact) mass is 304 g/mol. The van der Waals surface area contributed by atoms with Crippen molar-refractivity contribution in [2.45, 2.75) is 11.0 Å². The van der Waals surface area contributed by atoms with Gasteiger partial charge in [-0.1, -0.05) is 0 Å². The minimum Gasteiger partial charge on any atom is -0.497 e. The molecule has 1 atom stereocenters. The Labute approximate surface area is 117 Å². The van der Waals surface area contributed by atoms with E-state index in [2.05, 4.69) is 4.74 Å². The van der Waals surface area contributed by atoms with Gasteiger partial charge in [-0.25, -0.2) is 13.2 Å². The highest BCUT2D eigenvalue weighted by atomic mass is 32.2. The molecule has 112 valence electrons. The third kappa shape index (κ3) is 3.20. The molecule has 1 N–H and O–H groups in total. The van der Waals surface area contributed by atoms with E-state index in [4.69, 9.17) is 9.47 Å². The first-order valence-corrected chi connectivity index (χ1v) is 7.37. The molecule has 1 aromatic carbocycles. The topological polar surface area (TPSA) is 99.1 Å². The van der Waals surface area contributed by atoms with Crippen molar-refractivity contribution in [3.63, 3.8) is 0 Å². The van der Waals surface area contributed by atoms with E-state index in [1.54, 1.807) is 0 Å². The largest absolute Gasteiger partial charge is 0.497 e. The molecule has 0 saturated carbocycles. The van der Waals surface area contributed by atoms with Crippen molar-refractivity contribution in [2.75, 3.05) is 27.6 Å². The Morgan fingerprint density at radius 3 is 2.20 bits per heavy atom. The van der Waals surface area contributed by atoms with Crippen LogP contribution in [0.2, 0.25) is 0 Å². The van der Waals surface area contributed by atoms with Gasteiger partial charge in [0, 0.05) is 17.9 Å². The normalized spacial score (nSPS) is 12.7. The maximum Gasteiger partial charge on any atom is 0.339 e. The lowest BCUT2D eigenvalue weighted by Crippen LogP contribution is -2.16. The Hall–Kier alpha value is -1.80. The van der Waals surface area contributed by atoms with Crippen molar-refractivity contribution in [3.8, 4) is 11.5 Å². The Kier molecular flexibility index (Phi) is 4.96. The molecule has 0 radical (unpaired) electrons. The molecule has 1 unspecified atom stereocenters. The zero-order valence-corrected chi connectivity index (χ0v) is 12.4. The maximum atomic E-state index is 11.8. The molecule has 1 aromatic rings. The fraction of sp³-hybridized carbons (Fsp3) is 0.417. The van der Waals surface area contributed by atoms with Gasteiger partial charge in [0.2, 0.25) is 0 Å². The number of ether oxygens (including phenoxy) is 3. The van der Waals surface area contributed by atoms with E-state index in [0.29, 0.717) is 0 Å². The standard InChI is InChI=1S/C12H16O7S/c1-17-7-5-8(10(13)12(14)19-3)11(18-2)9(6-7)20(4,15)16/h5-6,10,13H,1-4H3. The Bertz CT molecular complexity index is 606. The number of hydrogen-bond acceptors (Lipinski definition) is 7. The number of rotatable bonds is 5. The smallest absolute Gasteiger partial charge is 0.339 e. The fourth-order valence-electron chi connectivity index (χ4n) is 1.65. The Balaban J connectivity index is 3.62. The van der Waals surface area contributed by atoms with Gasteiger partial charge in [-0.3, -0.25) is 0 Å². The summed E-state index contributed by atoms with van der Waals surface area (Å²) >= 11 is 0. The summed E-state index contributed by atoms with van der Waals surface area (Å²) in [6.45, 7) is 0. The van der Waals surface area contributed by atoms with E-state index in [9.17, 15) is 18.3 Å². The summed E-state index contributed by atoms with van der Waals surface area (Å²) in [6.07, 6.45) is -0.691. The van der Waals surface area contributed by atoms with E-state index in [1.165, 1.54) is 26.4 Å². The van der Waals surface area contributed by atoms with Gasteiger partial charge in [0.15, 0.2) is 15.9 Å². The van der Waals surface area contributed by atoms with Crippen LogP contribution in [0, 0.1) is 0 Å². The third-order valence-corrected chi connectivity index (χ3v) is 3.72. The SMILES string of the molecule is COC(=O)C(O)c1cc(OC)cc(S(C)(=O)=O)c1OC. The number of carbonyl (C=O) groups excluding carboxylic acids is 1. The van der Waals surface area contributed by atoms with E-state index in [0.717, 1.165) is 13.4 Å². The molecule has 1 rings (SSSR count). The number of benzene rings is 1. The molecule has 0 aromatic heterocycles. The number of sulfone groups is 1. The van der Waals surface area contributed by atoms with Crippen LogP contribution in [-0.4, -0.2) is 47.1 Å². The zero-order chi connectivity index (χ0) is 15.5. The number of methoxy groups -OCH3 is 3. The molecule has 0 aliphatic heterocycles. The van der Waals surface area contributed by atoms with Gasteiger partial charge in [-0.05, 0) is 6.07 Å². The third-order valence-electron chi connectivity index (χ3n) is 2.62. The number of hydrogen-bond donors (Lipinski definition) is 1. The van der Waals surface area contributed by atoms with Crippen molar-refractivity contribution >= 4 is 15.8 Å². The van der Waals surface area contributed by atoms with E-state index in [-0.39, 0.29) is 22.0 Å². The summed E-state index contributed by atoms with van der Waals surface area (Å²) in [7, 11) is 0.0475. The summed E-state index contributed by atoms with van der Waals surface area (Å²) in [5.74, 6) is -0.883. The molecular weight excluding hydrogens is 288 g/mol. The summed E-state index contributed by atoms with van der Waals surface area (Å²) < 4.78 is 37.9. The lowest BCUT2D eigenvalue weighted by atomic mass is 10.1.